The monoisotopic (exact) mass is 366 g/mol. The van der Waals surface area contributed by atoms with Crippen LogP contribution in [0, 0.1) is 5.82 Å². The van der Waals surface area contributed by atoms with E-state index in [9.17, 15) is 9.18 Å². The molecule has 0 atom stereocenters. The summed E-state index contributed by atoms with van der Waals surface area (Å²) >= 11 is 6.30. The second kappa shape index (κ2) is 6.61. The molecular weight excluding hydrogens is 355 g/mol. The summed E-state index contributed by atoms with van der Waals surface area (Å²) in [6, 6.07) is 16.2. The van der Waals surface area contributed by atoms with Crippen LogP contribution in [0.4, 0.5) is 10.1 Å². The third-order valence-electron chi connectivity index (χ3n) is 3.88. The number of carbonyl (C=O) groups excluding carboxylic acids is 1. The van der Waals surface area contributed by atoms with Crippen molar-refractivity contribution in [1.82, 2.24) is 0 Å². The highest BCUT2D eigenvalue weighted by atomic mass is 35.5. The molecule has 0 unspecified atom stereocenters. The molecular formula is C20H12ClFN2O2. The molecule has 0 spiro atoms. The van der Waals surface area contributed by atoms with Crippen LogP contribution in [-0.2, 0) is 4.79 Å². The van der Waals surface area contributed by atoms with Gasteiger partial charge in [-0.1, -0.05) is 23.7 Å². The first-order valence-electron chi connectivity index (χ1n) is 7.82. The Hall–Kier alpha value is -3.18. The van der Waals surface area contributed by atoms with Crippen LogP contribution in [-0.4, -0.2) is 11.7 Å². The van der Waals surface area contributed by atoms with Crippen molar-refractivity contribution in [1.29, 1.82) is 0 Å². The van der Waals surface area contributed by atoms with Crippen LogP contribution in [0.25, 0.3) is 6.08 Å². The zero-order valence-electron chi connectivity index (χ0n) is 13.4. The molecule has 4 rings (SSSR count). The van der Waals surface area contributed by atoms with Crippen molar-refractivity contribution in [3.63, 3.8) is 0 Å². The fraction of sp³-hybridized carbons (Fsp3) is 0. The maximum Gasteiger partial charge on any atom is 0.282 e. The highest BCUT2D eigenvalue weighted by Gasteiger charge is 2.33. The lowest BCUT2D eigenvalue weighted by molar-refractivity contribution is -0.113. The summed E-state index contributed by atoms with van der Waals surface area (Å²) in [6.07, 6.45) is 3.07. The lowest BCUT2D eigenvalue weighted by Gasteiger charge is -2.19. The van der Waals surface area contributed by atoms with E-state index >= 15 is 0 Å². The van der Waals surface area contributed by atoms with Gasteiger partial charge in [-0.05, 0) is 48.5 Å². The topological polar surface area (TPSA) is 45.8 Å². The first-order valence-corrected chi connectivity index (χ1v) is 8.20. The normalized spacial score (nSPS) is 15.6. The van der Waals surface area contributed by atoms with Gasteiger partial charge in [0.1, 0.15) is 23.1 Å². The molecule has 0 saturated heterocycles. The number of aliphatic imine (C=N–C) groups is 1. The molecule has 0 aliphatic carbocycles. The number of amides is 1. The van der Waals surface area contributed by atoms with Crippen molar-refractivity contribution in [3.05, 3.63) is 94.8 Å². The van der Waals surface area contributed by atoms with Crippen molar-refractivity contribution >= 4 is 35.1 Å². The Balaban J connectivity index is 1.86. The van der Waals surface area contributed by atoms with Gasteiger partial charge in [-0.15, -0.1) is 0 Å². The van der Waals surface area contributed by atoms with Crippen LogP contribution >= 0.6 is 11.6 Å². The van der Waals surface area contributed by atoms with Crippen LogP contribution in [0.15, 0.2) is 82.0 Å². The first kappa shape index (κ1) is 16.3. The average molecular weight is 367 g/mol. The van der Waals surface area contributed by atoms with E-state index < -0.39 is 0 Å². The number of hydrogen-bond donors (Lipinski definition) is 0. The molecule has 0 saturated carbocycles. The SMILES string of the molecule is O=C1/C(=C\c2ccco2)N=C(c2ccccc2Cl)N1c1ccc(F)cc1. The lowest BCUT2D eigenvalue weighted by Crippen LogP contribution is -2.32. The number of hydrogen-bond acceptors (Lipinski definition) is 3. The zero-order valence-corrected chi connectivity index (χ0v) is 14.2. The zero-order chi connectivity index (χ0) is 18.1. The number of nitrogens with zero attached hydrogens (tertiary/aromatic N) is 2. The molecule has 26 heavy (non-hydrogen) atoms. The number of amidine groups is 1. The van der Waals surface area contributed by atoms with Gasteiger partial charge in [-0.3, -0.25) is 9.69 Å². The molecule has 128 valence electrons. The van der Waals surface area contributed by atoms with Crippen molar-refractivity contribution in [3.8, 4) is 0 Å². The van der Waals surface area contributed by atoms with Crippen molar-refractivity contribution in [2.75, 3.05) is 4.90 Å². The first-order chi connectivity index (χ1) is 12.6. The third-order valence-corrected chi connectivity index (χ3v) is 4.21. The van der Waals surface area contributed by atoms with Crippen molar-refractivity contribution in [2.45, 2.75) is 0 Å². The molecule has 6 heteroatoms. The van der Waals surface area contributed by atoms with E-state index in [0.717, 1.165) is 0 Å². The van der Waals surface area contributed by atoms with Gasteiger partial charge < -0.3 is 4.42 Å². The highest BCUT2D eigenvalue weighted by molar-refractivity contribution is 6.39. The second-order valence-electron chi connectivity index (χ2n) is 5.58. The molecule has 1 aliphatic rings. The molecule has 0 radical (unpaired) electrons. The molecule has 1 amide bonds. The van der Waals surface area contributed by atoms with Crippen molar-refractivity contribution < 1.29 is 13.6 Å². The number of anilines is 1. The number of carbonyl (C=O) groups is 1. The van der Waals surface area contributed by atoms with Gasteiger partial charge in [0, 0.05) is 11.6 Å². The predicted octanol–water partition coefficient (Wildman–Crippen LogP) is 4.91. The summed E-state index contributed by atoms with van der Waals surface area (Å²) in [4.78, 5) is 18.9. The smallest absolute Gasteiger partial charge is 0.282 e. The Labute approximate surface area is 153 Å². The fourth-order valence-electron chi connectivity index (χ4n) is 2.68. The van der Waals surface area contributed by atoms with Gasteiger partial charge in [0.2, 0.25) is 0 Å². The number of benzene rings is 2. The van der Waals surface area contributed by atoms with E-state index in [1.165, 1.54) is 35.4 Å². The molecule has 4 nitrogen and oxygen atoms in total. The van der Waals surface area contributed by atoms with Gasteiger partial charge in [0.05, 0.1) is 17.0 Å². The molecule has 2 aromatic carbocycles. The van der Waals surface area contributed by atoms with Gasteiger partial charge >= 0.3 is 0 Å². The predicted molar refractivity (Wildman–Crippen MR) is 98.6 cm³/mol. The summed E-state index contributed by atoms with van der Waals surface area (Å²) in [7, 11) is 0. The van der Waals surface area contributed by atoms with Crippen LogP contribution < -0.4 is 4.90 Å². The van der Waals surface area contributed by atoms with Gasteiger partial charge in [-0.25, -0.2) is 9.38 Å². The fourth-order valence-corrected chi connectivity index (χ4v) is 2.90. The summed E-state index contributed by atoms with van der Waals surface area (Å²) in [5.74, 6) is 0.160. The van der Waals surface area contributed by atoms with E-state index in [2.05, 4.69) is 4.99 Å². The van der Waals surface area contributed by atoms with Gasteiger partial charge in [-0.2, -0.15) is 0 Å². The van der Waals surface area contributed by atoms with E-state index in [1.54, 1.807) is 36.4 Å². The van der Waals surface area contributed by atoms with Crippen LogP contribution in [0.5, 0.6) is 0 Å². The second-order valence-corrected chi connectivity index (χ2v) is 5.98. The number of halogens is 2. The van der Waals surface area contributed by atoms with Crippen LogP contribution in [0.3, 0.4) is 0 Å². The molecule has 0 bridgehead atoms. The highest BCUT2D eigenvalue weighted by Crippen LogP contribution is 2.30. The molecule has 1 aliphatic heterocycles. The minimum absolute atomic E-state index is 0.208. The van der Waals surface area contributed by atoms with E-state index in [4.69, 9.17) is 16.0 Å². The molecule has 0 fully saturated rings. The van der Waals surface area contributed by atoms with E-state index in [0.29, 0.717) is 27.9 Å². The minimum Gasteiger partial charge on any atom is -0.465 e. The largest absolute Gasteiger partial charge is 0.465 e. The Morgan fingerprint density at radius 1 is 1.04 bits per heavy atom. The van der Waals surface area contributed by atoms with Gasteiger partial charge in [0.25, 0.3) is 5.91 Å². The van der Waals surface area contributed by atoms with E-state index in [-0.39, 0.29) is 17.4 Å². The van der Waals surface area contributed by atoms with Crippen LogP contribution in [0.1, 0.15) is 11.3 Å². The maximum atomic E-state index is 13.3. The molecule has 1 aromatic heterocycles. The van der Waals surface area contributed by atoms with E-state index in [1.807, 2.05) is 6.07 Å². The lowest BCUT2D eigenvalue weighted by atomic mass is 10.1. The molecule has 3 aromatic rings. The van der Waals surface area contributed by atoms with Crippen molar-refractivity contribution in [2.24, 2.45) is 4.99 Å². The van der Waals surface area contributed by atoms with Crippen LogP contribution in [0.2, 0.25) is 5.02 Å². The number of furan rings is 1. The summed E-state index contributed by atoms with van der Waals surface area (Å²) in [5, 5.41) is 0.463. The molecule has 0 N–H and O–H groups in total. The Bertz CT molecular complexity index is 1020. The van der Waals surface area contributed by atoms with Gasteiger partial charge in [0.15, 0.2) is 0 Å². The third kappa shape index (κ3) is 2.93. The Morgan fingerprint density at radius 2 is 1.81 bits per heavy atom. The summed E-state index contributed by atoms with van der Waals surface area (Å²) < 4.78 is 18.6. The number of rotatable bonds is 3. The summed E-state index contributed by atoms with van der Waals surface area (Å²) in [5.41, 5.74) is 1.31. The summed E-state index contributed by atoms with van der Waals surface area (Å²) in [6.45, 7) is 0. The maximum absolute atomic E-state index is 13.3. The molecule has 2 heterocycles. The quantitative estimate of drug-likeness (QED) is 0.618. The Kier molecular flexibility index (Phi) is 4.14. The Morgan fingerprint density at radius 3 is 2.50 bits per heavy atom. The average Bonchev–Trinajstić information content (AvgIpc) is 3.26. The minimum atomic E-state index is -0.386. The standard InChI is InChI=1S/C20H12ClFN2O2/c21-17-6-2-1-5-16(17)19-23-18(12-15-4-3-11-26-15)20(25)24(19)14-9-7-13(22)8-10-14/h1-12H/b18-12+.